The Labute approximate surface area is 126 Å². The van der Waals surface area contributed by atoms with E-state index in [0.717, 1.165) is 25.4 Å². The van der Waals surface area contributed by atoms with Gasteiger partial charge >= 0.3 is 0 Å². The predicted molar refractivity (Wildman–Crippen MR) is 86.4 cm³/mol. The van der Waals surface area contributed by atoms with Crippen LogP contribution in [0, 0.1) is 35.0 Å². The molecule has 0 bridgehead atoms. The summed E-state index contributed by atoms with van der Waals surface area (Å²) in [7, 11) is 0. The summed E-state index contributed by atoms with van der Waals surface area (Å²) in [5.74, 6) is 2.45. The molecule has 0 saturated heterocycles. The van der Waals surface area contributed by atoms with Crippen molar-refractivity contribution in [1.82, 2.24) is 4.90 Å². The second-order valence-corrected chi connectivity index (χ2v) is 7.51. The summed E-state index contributed by atoms with van der Waals surface area (Å²) in [6, 6.07) is 3.10. The molecule has 3 unspecified atom stereocenters. The van der Waals surface area contributed by atoms with Crippen LogP contribution in [0.2, 0.25) is 0 Å². The minimum Gasteiger partial charge on any atom is -0.299 e. The van der Waals surface area contributed by atoms with Crippen LogP contribution in [0.5, 0.6) is 0 Å². The molecule has 20 heavy (non-hydrogen) atoms. The van der Waals surface area contributed by atoms with Gasteiger partial charge in [0.1, 0.15) is 0 Å². The first kappa shape index (κ1) is 17.5. The molecule has 0 aliphatic heterocycles. The fourth-order valence-corrected chi connectivity index (χ4v) is 3.74. The first-order valence-corrected chi connectivity index (χ1v) is 8.61. The Morgan fingerprint density at radius 3 is 2.15 bits per heavy atom. The fourth-order valence-electron chi connectivity index (χ4n) is 3.74. The fraction of sp³-hybridized carbons (Fsp3) is 0.944. The maximum atomic E-state index is 9.52. The van der Waals surface area contributed by atoms with Gasteiger partial charge in [-0.2, -0.15) is 5.26 Å². The van der Waals surface area contributed by atoms with Crippen LogP contribution in [0.15, 0.2) is 0 Å². The van der Waals surface area contributed by atoms with Crippen molar-refractivity contribution >= 4 is 0 Å². The van der Waals surface area contributed by atoms with E-state index in [1.54, 1.807) is 0 Å². The van der Waals surface area contributed by atoms with Gasteiger partial charge in [0, 0.05) is 19.1 Å². The summed E-state index contributed by atoms with van der Waals surface area (Å²) in [4.78, 5) is 2.63. The summed E-state index contributed by atoms with van der Waals surface area (Å²) in [5.41, 5.74) is 0. The summed E-state index contributed by atoms with van der Waals surface area (Å²) >= 11 is 0. The van der Waals surface area contributed by atoms with E-state index in [-0.39, 0.29) is 5.92 Å². The molecule has 0 aromatic heterocycles. The molecule has 0 radical (unpaired) electrons. The van der Waals surface area contributed by atoms with E-state index < -0.39 is 0 Å². The van der Waals surface area contributed by atoms with Gasteiger partial charge in [-0.3, -0.25) is 4.90 Å². The summed E-state index contributed by atoms with van der Waals surface area (Å²) in [6.07, 6.45) is 6.23. The minimum atomic E-state index is 0.251. The van der Waals surface area contributed by atoms with Gasteiger partial charge in [-0.1, -0.05) is 47.5 Å². The number of hydrogen-bond donors (Lipinski definition) is 0. The van der Waals surface area contributed by atoms with Gasteiger partial charge in [0.25, 0.3) is 0 Å². The quantitative estimate of drug-likeness (QED) is 0.674. The van der Waals surface area contributed by atoms with Gasteiger partial charge in [0.15, 0.2) is 0 Å². The van der Waals surface area contributed by atoms with Crippen molar-refractivity contribution in [2.45, 2.75) is 72.8 Å². The first-order valence-electron chi connectivity index (χ1n) is 8.61. The lowest BCUT2D eigenvalue weighted by Gasteiger charge is -2.42. The number of nitriles is 1. The molecule has 116 valence electrons. The van der Waals surface area contributed by atoms with Crippen LogP contribution in [0.1, 0.15) is 66.7 Å². The van der Waals surface area contributed by atoms with E-state index in [9.17, 15) is 5.26 Å². The number of nitrogens with zero attached hydrogens (tertiary/aromatic N) is 2. The molecule has 0 aromatic carbocycles. The van der Waals surface area contributed by atoms with Crippen molar-refractivity contribution in [3.05, 3.63) is 0 Å². The zero-order valence-electron chi connectivity index (χ0n) is 14.2. The van der Waals surface area contributed by atoms with Crippen molar-refractivity contribution in [3.63, 3.8) is 0 Å². The molecule has 0 N–H and O–H groups in total. The van der Waals surface area contributed by atoms with Gasteiger partial charge in [0.05, 0.1) is 12.0 Å². The second-order valence-electron chi connectivity index (χ2n) is 7.51. The van der Waals surface area contributed by atoms with Crippen LogP contribution in [0.3, 0.4) is 0 Å². The third kappa shape index (κ3) is 5.44. The third-order valence-corrected chi connectivity index (χ3v) is 4.46. The van der Waals surface area contributed by atoms with Crippen molar-refractivity contribution in [1.29, 1.82) is 5.26 Å². The lowest BCUT2D eigenvalue weighted by molar-refractivity contribution is 0.0769. The van der Waals surface area contributed by atoms with Crippen LogP contribution in [0.25, 0.3) is 0 Å². The highest BCUT2D eigenvalue weighted by atomic mass is 15.2. The monoisotopic (exact) mass is 278 g/mol. The van der Waals surface area contributed by atoms with E-state index in [0.29, 0.717) is 17.9 Å². The maximum absolute atomic E-state index is 9.52. The Bertz CT molecular complexity index is 293. The van der Waals surface area contributed by atoms with Crippen LogP contribution in [-0.2, 0) is 0 Å². The molecule has 1 aliphatic carbocycles. The number of rotatable bonds is 7. The molecule has 0 amide bonds. The van der Waals surface area contributed by atoms with E-state index in [1.165, 1.54) is 25.7 Å². The molecule has 2 nitrogen and oxygen atoms in total. The van der Waals surface area contributed by atoms with Gasteiger partial charge in [-0.05, 0) is 37.0 Å². The average molecular weight is 278 g/mol. The van der Waals surface area contributed by atoms with E-state index in [1.807, 2.05) is 0 Å². The van der Waals surface area contributed by atoms with E-state index in [4.69, 9.17) is 0 Å². The molecule has 1 saturated carbocycles. The summed E-state index contributed by atoms with van der Waals surface area (Å²) in [5, 5.41) is 9.52. The summed E-state index contributed by atoms with van der Waals surface area (Å²) < 4.78 is 0. The summed E-state index contributed by atoms with van der Waals surface area (Å²) in [6.45, 7) is 13.7. The van der Waals surface area contributed by atoms with Crippen molar-refractivity contribution in [3.8, 4) is 6.07 Å². The highest BCUT2D eigenvalue weighted by Gasteiger charge is 2.34. The molecular weight excluding hydrogens is 244 g/mol. The molecule has 1 aliphatic rings. The highest BCUT2D eigenvalue weighted by molar-refractivity contribution is 4.98. The Morgan fingerprint density at radius 2 is 1.70 bits per heavy atom. The zero-order chi connectivity index (χ0) is 15.1. The zero-order valence-corrected chi connectivity index (χ0v) is 14.2. The molecular formula is C18H34N2. The standard InChI is InChI=1S/C18H34N2/c1-6-7-16-8-9-17(11-19)18(10-16)20(12-14(2)3)13-15(4)5/h14-18H,6-10,12-13H2,1-5H3. The lowest BCUT2D eigenvalue weighted by Crippen LogP contribution is -2.47. The van der Waals surface area contributed by atoms with Crippen molar-refractivity contribution in [2.24, 2.45) is 23.7 Å². The SMILES string of the molecule is CCCC1CCC(C#N)C(N(CC(C)C)CC(C)C)C1. The van der Waals surface area contributed by atoms with Crippen LogP contribution in [0.4, 0.5) is 0 Å². The van der Waals surface area contributed by atoms with Crippen molar-refractivity contribution in [2.75, 3.05) is 13.1 Å². The van der Waals surface area contributed by atoms with Gasteiger partial charge in [-0.15, -0.1) is 0 Å². The normalized spacial score (nSPS) is 27.2. The lowest BCUT2D eigenvalue weighted by atomic mass is 9.76. The molecule has 1 fully saturated rings. The first-order chi connectivity index (χ1) is 9.47. The Balaban J connectivity index is 2.78. The second kappa shape index (κ2) is 8.67. The van der Waals surface area contributed by atoms with E-state index in [2.05, 4.69) is 45.6 Å². The Hall–Kier alpha value is -0.550. The predicted octanol–water partition coefficient (Wildman–Crippen LogP) is 4.71. The number of hydrogen-bond acceptors (Lipinski definition) is 2. The van der Waals surface area contributed by atoms with Gasteiger partial charge in [-0.25, -0.2) is 0 Å². The molecule has 0 heterocycles. The smallest absolute Gasteiger partial charge is 0.0672 e. The Kier molecular flexibility index (Phi) is 7.59. The van der Waals surface area contributed by atoms with Crippen molar-refractivity contribution < 1.29 is 0 Å². The van der Waals surface area contributed by atoms with Gasteiger partial charge < -0.3 is 0 Å². The highest BCUT2D eigenvalue weighted by Crippen LogP contribution is 2.35. The molecule has 0 spiro atoms. The van der Waals surface area contributed by atoms with Gasteiger partial charge in [0.2, 0.25) is 0 Å². The molecule has 2 heteroatoms. The molecule has 3 atom stereocenters. The largest absolute Gasteiger partial charge is 0.299 e. The Morgan fingerprint density at radius 1 is 1.10 bits per heavy atom. The topological polar surface area (TPSA) is 27.0 Å². The van der Waals surface area contributed by atoms with Crippen LogP contribution in [-0.4, -0.2) is 24.0 Å². The van der Waals surface area contributed by atoms with Crippen LogP contribution >= 0.6 is 0 Å². The van der Waals surface area contributed by atoms with E-state index >= 15 is 0 Å². The van der Waals surface area contributed by atoms with Crippen LogP contribution < -0.4 is 0 Å². The third-order valence-electron chi connectivity index (χ3n) is 4.46. The maximum Gasteiger partial charge on any atom is 0.0672 e. The molecule has 1 rings (SSSR count). The average Bonchev–Trinajstić information content (AvgIpc) is 2.37. The molecule has 0 aromatic rings. The minimum absolute atomic E-state index is 0.251.